The molecule has 30 heavy (non-hydrogen) atoms. The van der Waals surface area contributed by atoms with Gasteiger partial charge in [0.05, 0.1) is 5.56 Å². The molecular formula is C23H17F3N2O2. The number of carbonyl (C=O) groups is 1. The molecule has 0 radical (unpaired) electrons. The van der Waals surface area contributed by atoms with E-state index in [-0.39, 0.29) is 11.1 Å². The zero-order valence-corrected chi connectivity index (χ0v) is 16.2. The van der Waals surface area contributed by atoms with Crippen LogP contribution in [0.4, 0.5) is 18.9 Å². The van der Waals surface area contributed by atoms with E-state index in [0.29, 0.717) is 33.8 Å². The Balaban J connectivity index is 1.66. The summed E-state index contributed by atoms with van der Waals surface area (Å²) in [5, 5.41) is 2.69. The van der Waals surface area contributed by atoms with Crippen LogP contribution < -0.4 is 5.32 Å². The van der Waals surface area contributed by atoms with Crippen LogP contribution in [0.15, 0.2) is 65.1 Å². The Morgan fingerprint density at radius 1 is 1.00 bits per heavy atom. The first kappa shape index (κ1) is 19.7. The zero-order chi connectivity index (χ0) is 21.5. The third-order valence-corrected chi connectivity index (χ3v) is 4.91. The smallest absolute Gasteiger partial charge is 0.416 e. The fraction of sp³-hybridized carbons (Fsp3) is 0.130. The molecule has 7 heteroatoms. The van der Waals surface area contributed by atoms with Gasteiger partial charge in [-0.15, -0.1) is 0 Å². The average molecular weight is 410 g/mol. The Bertz CT molecular complexity index is 1230. The normalized spacial score (nSPS) is 11.6. The van der Waals surface area contributed by atoms with E-state index in [1.54, 1.807) is 19.1 Å². The van der Waals surface area contributed by atoms with E-state index in [4.69, 9.17) is 4.42 Å². The summed E-state index contributed by atoms with van der Waals surface area (Å²) in [7, 11) is 0. The molecule has 0 aliphatic heterocycles. The van der Waals surface area contributed by atoms with E-state index < -0.39 is 17.6 Å². The second kappa shape index (κ2) is 7.33. The molecular weight excluding hydrogens is 393 g/mol. The number of anilines is 1. The fourth-order valence-electron chi connectivity index (χ4n) is 3.25. The van der Waals surface area contributed by atoms with Gasteiger partial charge in [-0.05, 0) is 61.4 Å². The van der Waals surface area contributed by atoms with Crippen molar-refractivity contribution in [3.63, 3.8) is 0 Å². The molecule has 0 unspecified atom stereocenters. The molecule has 1 aromatic heterocycles. The number of halogens is 3. The Hall–Kier alpha value is -3.61. The maximum atomic E-state index is 13.2. The lowest BCUT2D eigenvalue weighted by molar-refractivity contribution is -0.138. The Morgan fingerprint density at radius 2 is 1.77 bits per heavy atom. The molecule has 1 amide bonds. The second-order valence-corrected chi connectivity index (χ2v) is 6.95. The molecule has 0 saturated carbocycles. The van der Waals surface area contributed by atoms with Crippen LogP contribution in [0.2, 0.25) is 0 Å². The van der Waals surface area contributed by atoms with Gasteiger partial charge in [-0.25, -0.2) is 4.98 Å². The molecule has 4 aromatic rings. The van der Waals surface area contributed by atoms with Gasteiger partial charge in [0.25, 0.3) is 5.91 Å². The molecule has 0 spiro atoms. The predicted molar refractivity (Wildman–Crippen MR) is 108 cm³/mol. The van der Waals surface area contributed by atoms with E-state index in [1.165, 1.54) is 19.1 Å². The lowest BCUT2D eigenvalue weighted by atomic mass is 10.0. The first-order valence-corrected chi connectivity index (χ1v) is 9.19. The van der Waals surface area contributed by atoms with E-state index in [1.807, 2.05) is 30.3 Å². The molecule has 0 fully saturated rings. The second-order valence-electron chi connectivity index (χ2n) is 6.95. The maximum absolute atomic E-state index is 13.2. The summed E-state index contributed by atoms with van der Waals surface area (Å²) in [5.41, 5.74) is 2.36. The number of aryl methyl sites for hydroxylation is 1. The molecule has 1 N–H and O–H groups in total. The first-order valence-electron chi connectivity index (χ1n) is 9.19. The standard InChI is InChI=1S/C23H17F3N2O2/c1-13-10-11-15(12-17(13)23(24,25)26)21(29)27-18-8-5-6-16(14(18)2)22-28-19-7-3-4-9-20(19)30-22/h3-12H,1-2H3,(H,27,29). The minimum Gasteiger partial charge on any atom is -0.436 e. The third-order valence-electron chi connectivity index (χ3n) is 4.91. The number of fused-ring (bicyclic) bond motifs is 1. The summed E-state index contributed by atoms with van der Waals surface area (Å²) in [5.74, 6) is -0.224. The van der Waals surface area contributed by atoms with Crippen molar-refractivity contribution in [2.45, 2.75) is 20.0 Å². The Kier molecular flexibility index (Phi) is 4.81. The topological polar surface area (TPSA) is 55.1 Å². The van der Waals surface area contributed by atoms with Gasteiger partial charge in [-0.3, -0.25) is 4.79 Å². The van der Waals surface area contributed by atoms with Gasteiger partial charge in [0.1, 0.15) is 5.52 Å². The average Bonchev–Trinajstić information content (AvgIpc) is 3.13. The van der Waals surface area contributed by atoms with Crippen LogP contribution in [-0.4, -0.2) is 10.9 Å². The van der Waals surface area contributed by atoms with Gasteiger partial charge in [0.15, 0.2) is 5.58 Å². The highest BCUT2D eigenvalue weighted by Crippen LogP contribution is 2.33. The number of hydrogen-bond donors (Lipinski definition) is 1. The summed E-state index contributed by atoms with van der Waals surface area (Å²) in [4.78, 5) is 17.1. The van der Waals surface area contributed by atoms with Gasteiger partial charge in [0, 0.05) is 16.8 Å². The fourth-order valence-corrected chi connectivity index (χ4v) is 3.25. The Morgan fingerprint density at radius 3 is 2.50 bits per heavy atom. The number of benzene rings is 3. The van der Waals surface area contributed by atoms with Crippen molar-refractivity contribution >= 4 is 22.7 Å². The minimum absolute atomic E-state index is 0.0631. The highest BCUT2D eigenvalue weighted by Gasteiger charge is 2.33. The molecule has 0 saturated heterocycles. The first-order chi connectivity index (χ1) is 14.2. The number of hydrogen-bond acceptors (Lipinski definition) is 3. The van der Waals surface area contributed by atoms with Crippen molar-refractivity contribution in [3.05, 3.63) is 82.9 Å². The largest absolute Gasteiger partial charge is 0.436 e. The van der Waals surface area contributed by atoms with Crippen LogP contribution in [0.3, 0.4) is 0 Å². The molecule has 0 atom stereocenters. The van der Waals surface area contributed by atoms with Gasteiger partial charge >= 0.3 is 6.18 Å². The van der Waals surface area contributed by atoms with Crippen molar-refractivity contribution in [2.75, 3.05) is 5.32 Å². The van der Waals surface area contributed by atoms with Gasteiger partial charge < -0.3 is 9.73 Å². The maximum Gasteiger partial charge on any atom is 0.416 e. The molecule has 0 aliphatic rings. The summed E-state index contributed by atoms with van der Waals surface area (Å²) in [6, 6.07) is 16.1. The van der Waals surface area contributed by atoms with Crippen molar-refractivity contribution < 1.29 is 22.4 Å². The van der Waals surface area contributed by atoms with Gasteiger partial charge in [-0.1, -0.05) is 24.3 Å². The molecule has 1 heterocycles. The van der Waals surface area contributed by atoms with E-state index in [0.717, 1.165) is 6.07 Å². The molecule has 152 valence electrons. The van der Waals surface area contributed by atoms with E-state index in [2.05, 4.69) is 10.3 Å². The van der Waals surface area contributed by atoms with Crippen LogP contribution in [0.25, 0.3) is 22.6 Å². The van der Waals surface area contributed by atoms with Crippen molar-refractivity contribution in [1.29, 1.82) is 0 Å². The van der Waals surface area contributed by atoms with Gasteiger partial charge in [0.2, 0.25) is 5.89 Å². The number of aromatic nitrogens is 1. The molecule has 4 nitrogen and oxygen atoms in total. The molecule has 0 aliphatic carbocycles. The minimum atomic E-state index is -4.52. The lowest BCUT2D eigenvalue weighted by Gasteiger charge is -2.14. The van der Waals surface area contributed by atoms with Crippen LogP contribution in [0.1, 0.15) is 27.0 Å². The SMILES string of the molecule is Cc1ccc(C(=O)Nc2cccc(-c3nc4ccccc4o3)c2C)cc1C(F)(F)F. The summed E-state index contributed by atoms with van der Waals surface area (Å²) >= 11 is 0. The number of nitrogens with zero attached hydrogens (tertiary/aromatic N) is 1. The van der Waals surface area contributed by atoms with E-state index in [9.17, 15) is 18.0 Å². The summed E-state index contributed by atoms with van der Waals surface area (Å²) < 4.78 is 45.3. The summed E-state index contributed by atoms with van der Waals surface area (Å²) in [6.45, 7) is 3.15. The molecule has 0 bridgehead atoms. The Labute approximate surface area is 170 Å². The monoisotopic (exact) mass is 410 g/mol. The van der Waals surface area contributed by atoms with E-state index >= 15 is 0 Å². The number of para-hydroxylation sites is 2. The zero-order valence-electron chi connectivity index (χ0n) is 16.2. The predicted octanol–water partition coefficient (Wildman–Crippen LogP) is 6.38. The number of amides is 1. The number of oxazole rings is 1. The van der Waals surface area contributed by atoms with Crippen molar-refractivity contribution in [3.8, 4) is 11.5 Å². The quantitative estimate of drug-likeness (QED) is 0.426. The van der Waals surface area contributed by atoms with Crippen LogP contribution in [0.5, 0.6) is 0 Å². The highest BCUT2D eigenvalue weighted by molar-refractivity contribution is 6.05. The number of rotatable bonds is 3. The highest BCUT2D eigenvalue weighted by atomic mass is 19.4. The molecule has 3 aromatic carbocycles. The van der Waals surface area contributed by atoms with Crippen LogP contribution >= 0.6 is 0 Å². The molecule has 4 rings (SSSR count). The number of nitrogens with one attached hydrogen (secondary N) is 1. The van der Waals surface area contributed by atoms with Crippen molar-refractivity contribution in [1.82, 2.24) is 4.98 Å². The van der Waals surface area contributed by atoms with Crippen LogP contribution in [-0.2, 0) is 6.18 Å². The third kappa shape index (κ3) is 3.66. The lowest BCUT2D eigenvalue weighted by Crippen LogP contribution is -2.15. The number of carbonyl (C=O) groups excluding carboxylic acids is 1. The van der Waals surface area contributed by atoms with Crippen molar-refractivity contribution in [2.24, 2.45) is 0 Å². The number of alkyl halides is 3. The summed E-state index contributed by atoms with van der Waals surface area (Å²) in [6.07, 6.45) is -4.52. The van der Waals surface area contributed by atoms with Gasteiger partial charge in [-0.2, -0.15) is 13.2 Å². The van der Waals surface area contributed by atoms with Crippen LogP contribution in [0, 0.1) is 13.8 Å².